The Bertz CT molecular complexity index is 1080. The maximum absolute atomic E-state index is 12.4. The molecule has 136 valence electrons. The predicted octanol–water partition coefficient (Wildman–Crippen LogP) is 4.91. The van der Waals surface area contributed by atoms with Crippen molar-refractivity contribution in [3.63, 3.8) is 0 Å². The Kier molecular flexibility index (Phi) is 4.83. The molecule has 2 aromatic heterocycles. The van der Waals surface area contributed by atoms with Gasteiger partial charge in [0.1, 0.15) is 5.75 Å². The average Bonchev–Trinajstić information content (AvgIpc) is 3.26. The summed E-state index contributed by atoms with van der Waals surface area (Å²) in [5.41, 5.74) is 3.49. The number of anilines is 1. The first-order valence-electron chi connectivity index (χ1n) is 8.28. The second kappa shape index (κ2) is 7.42. The van der Waals surface area contributed by atoms with Crippen molar-refractivity contribution in [2.45, 2.75) is 6.42 Å². The highest BCUT2D eigenvalue weighted by Gasteiger charge is 2.13. The molecule has 0 spiro atoms. The first-order chi connectivity index (χ1) is 13.1. The number of carbonyl (C=O) groups is 1. The summed E-state index contributed by atoms with van der Waals surface area (Å²) in [5.74, 6) is 0.719. The molecule has 2 heterocycles. The Morgan fingerprint density at radius 3 is 2.63 bits per heavy atom. The van der Waals surface area contributed by atoms with E-state index in [0.717, 1.165) is 33.3 Å². The molecule has 0 atom stereocenters. The molecular formula is C20H16ClN3O2S. The molecule has 0 saturated carbocycles. The van der Waals surface area contributed by atoms with Gasteiger partial charge in [-0.3, -0.25) is 9.20 Å². The highest BCUT2D eigenvalue weighted by Crippen LogP contribution is 2.25. The third kappa shape index (κ3) is 3.82. The number of nitrogens with zero attached hydrogens (tertiary/aromatic N) is 2. The maximum Gasteiger partial charge on any atom is 0.230 e. The first kappa shape index (κ1) is 17.6. The van der Waals surface area contributed by atoms with E-state index in [-0.39, 0.29) is 12.3 Å². The Labute approximate surface area is 165 Å². The van der Waals surface area contributed by atoms with Crippen LogP contribution < -0.4 is 10.1 Å². The highest BCUT2D eigenvalue weighted by atomic mass is 35.5. The van der Waals surface area contributed by atoms with Gasteiger partial charge in [0.25, 0.3) is 0 Å². The number of benzene rings is 2. The van der Waals surface area contributed by atoms with Gasteiger partial charge in [0.2, 0.25) is 5.91 Å². The molecule has 0 bridgehead atoms. The van der Waals surface area contributed by atoms with Crippen molar-refractivity contribution in [3.8, 4) is 17.0 Å². The van der Waals surface area contributed by atoms with Crippen molar-refractivity contribution in [2.75, 3.05) is 12.4 Å². The van der Waals surface area contributed by atoms with Gasteiger partial charge in [0.05, 0.1) is 19.2 Å². The van der Waals surface area contributed by atoms with Crippen LogP contribution in [0, 0.1) is 0 Å². The van der Waals surface area contributed by atoms with Crippen molar-refractivity contribution in [1.29, 1.82) is 0 Å². The quantitative estimate of drug-likeness (QED) is 0.520. The molecule has 0 aliphatic heterocycles. The summed E-state index contributed by atoms with van der Waals surface area (Å²) in [4.78, 5) is 17.9. The third-order valence-corrected chi connectivity index (χ3v) is 5.28. The number of fused-ring (bicyclic) bond motifs is 1. The molecule has 0 fully saturated rings. The summed E-state index contributed by atoms with van der Waals surface area (Å²) < 4.78 is 7.16. The topological polar surface area (TPSA) is 55.6 Å². The van der Waals surface area contributed by atoms with Gasteiger partial charge in [0.15, 0.2) is 4.96 Å². The van der Waals surface area contributed by atoms with Gasteiger partial charge >= 0.3 is 0 Å². The van der Waals surface area contributed by atoms with E-state index in [9.17, 15) is 4.79 Å². The van der Waals surface area contributed by atoms with Crippen LogP contribution in [0.15, 0.2) is 60.1 Å². The molecule has 0 unspecified atom stereocenters. The summed E-state index contributed by atoms with van der Waals surface area (Å²) >= 11 is 7.39. The van der Waals surface area contributed by atoms with E-state index in [4.69, 9.17) is 16.3 Å². The Hall–Kier alpha value is -2.83. The summed E-state index contributed by atoms with van der Waals surface area (Å²) in [6.07, 6.45) is 2.22. The van der Waals surface area contributed by atoms with Crippen LogP contribution in [-0.4, -0.2) is 22.4 Å². The summed E-state index contributed by atoms with van der Waals surface area (Å²) in [6, 6.07) is 14.8. The SMILES string of the molecule is COc1ccc(-c2cn3c(CC(=O)Nc4ccc(Cl)cc4)csc3n2)cc1. The largest absolute Gasteiger partial charge is 0.497 e. The van der Waals surface area contributed by atoms with E-state index in [0.29, 0.717) is 5.02 Å². The lowest BCUT2D eigenvalue weighted by molar-refractivity contribution is -0.115. The zero-order valence-corrected chi connectivity index (χ0v) is 16.1. The number of halogens is 1. The number of thiazole rings is 1. The van der Waals surface area contributed by atoms with Crippen LogP contribution >= 0.6 is 22.9 Å². The van der Waals surface area contributed by atoms with Crippen LogP contribution in [0.2, 0.25) is 5.02 Å². The Morgan fingerprint density at radius 2 is 1.93 bits per heavy atom. The zero-order valence-electron chi connectivity index (χ0n) is 14.5. The molecule has 0 radical (unpaired) electrons. The minimum atomic E-state index is -0.0864. The molecular weight excluding hydrogens is 382 g/mol. The Balaban J connectivity index is 1.53. The fourth-order valence-corrected chi connectivity index (χ4v) is 3.76. The van der Waals surface area contributed by atoms with Gasteiger partial charge in [-0.05, 0) is 48.5 Å². The molecule has 2 aromatic carbocycles. The molecule has 1 N–H and O–H groups in total. The number of imidazole rings is 1. The van der Waals surface area contributed by atoms with Crippen molar-refractivity contribution < 1.29 is 9.53 Å². The van der Waals surface area contributed by atoms with Crippen molar-refractivity contribution in [3.05, 3.63) is 70.8 Å². The number of nitrogens with one attached hydrogen (secondary N) is 1. The number of amides is 1. The second-order valence-corrected chi connectivity index (χ2v) is 7.24. The monoisotopic (exact) mass is 397 g/mol. The number of ether oxygens (including phenoxy) is 1. The van der Waals surface area contributed by atoms with Crippen LogP contribution in [0.3, 0.4) is 0 Å². The van der Waals surface area contributed by atoms with Crippen LogP contribution in [0.5, 0.6) is 5.75 Å². The van der Waals surface area contributed by atoms with E-state index >= 15 is 0 Å². The smallest absolute Gasteiger partial charge is 0.230 e. The number of aromatic nitrogens is 2. The van der Waals surface area contributed by atoms with E-state index in [1.807, 2.05) is 40.2 Å². The van der Waals surface area contributed by atoms with E-state index < -0.39 is 0 Å². The van der Waals surface area contributed by atoms with Gasteiger partial charge in [-0.25, -0.2) is 4.98 Å². The average molecular weight is 398 g/mol. The molecule has 5 nitrogen and oxygen atoms in total. The minimum absolute atomic E-state index is 0.0864. The summed E-state index contributed by atoms with van der Waals surface area (Å²) in [5, 5.41) is 5.48. The number of rotatable bonds is 5. The fraction of sp³-hybridized carbons (Fsp3) is 0.100. The molecule has 1 amide bonds. The molecule has 7 heteroatoms. The third-order valence-electron chi connectivity index (χ3n) is 4.14. The lowest BCUT2D eigenvalue weighted by Crippen LogP contribution is -2.15. The second-order valence-electron chi connectivity index (χ2n) is 5.97. The zero-order chi connectivity index (χ0) is 18.8. The number of carbonyl (C=O) groups excluding carboxylic acids is 1. The number of hydrogen-bond acceptors (Lipinski definition) is 4. The normalized spacial score (nSPS) is 10.9. The van der Waals surface area contributed by atoms with Gasteiger partial charge < -0.3 is 10.1 Å². The number of hydrogen-bond donors (Lipinski definition) is 1. The van der Waals surface area contributed by atoms with Crippen LogP contribution in [0.4, 0.5) is 5.69 Å². The van der Waals surface area contributed by atoms with Gasteiger partial charge in [-0.2, -0.15) is 0 Å². The first-order valence-corrected chi connectivity index (χ1v) is 9.53. The Morgan fingerprint density at radius 1 is 1.19 bits per heavy atom. The van der Waals surface area contributed by atoms with Crippen molar-refractivity contribution in [2.24, 2.45) is 0 Å². The van der Waals surface area contributed by atoms with Crippen molar-refractivity contribution in [1.82, 2.24) is 9.38 Å². The van der Waals surface area contributed by atoms with E-state index in [1.54, 1.807) is 31.4 Å². The lowest BCUT2D eigenvalue weighted by atomic mass is 10.2. The predicted molar refractivity (Wildman–Crippen MR) is 109 cm³/mol. The van der Waals surface area contributed by atoms with Gasteiger partial charge in [0, 0.05) is 33.5 Å². The molecule has 4 aromatic rings. The summed E-state index contributed by atoms with van der Waals surface area (Å²) in [7, 11) is 1.64. The molecule has 0 saturated heterocycles. The summed E-state index contributed by atoms with van der Waals surface area (Å²) in [6.45, 7) is 0. The molecule has 0 aliphatic rings. The van der Waals surface area contributed by atoms with Crippen molar-refractivity contribution >= 4 is 39.5 Å². The van der Waals surface area contributed by atoms with Crippen LogP contribution in [0.25, 0.3) is 16.2 Å². The minimum Gasteiger partial charge on any atom is -0.497 e. The van der Waals surface area contributed by atoms with Crippen LogP contribution in [-0.2, 0) is 11.2 Å². The van der Waals surface area contributed by atoms with E-state index in [2.05, 4.69) is 10.3 Å². The highest BCUT2D eigenvalue weighted by molar-refractivity contribution is 7.15. The van der Waals surface area contributed by atoms with Gasteiger partial charge in [-0.15, -0.1) is 11.3 Å². The van der Waals surface area contributed by atoms with Gasteiger partial charge in [-0.1, -0.05) is 11.6 Å². The lowest BCUT2D eigenvalue weighted by Gasteiger charge is -2.05. The van der Waals surface area contributed by atoms with E-state index in [1.165, 1.54) is 11.3 Å². The maximum atomic E-state index is 12.4. The van der Waals surface area contributed by atoms with Crippen LogP contribution in [0.1, 0.15) is 5.69 Å². The standard InChI is InChI=1S/C20H16ClN3O2S/c1-26-17-8-2-13(3-9-17)18-11-24-16(12-27-20(24)23-18)10-19(25)22-15-6-4-14(21)5-7-15/h2-9,11-12H,10H2,1H3,(H,22,25). The molecule has 0 aliphatic carbocycles. The number of methoxy groups -OCH3 is 1. The molecule has 4 rings (SSSR count). The molecule has 27 heavy (non-hydrogen) atoms. The fourth-order valence-electron chi connectivity index (χ4n) is 2.76.